The maximum atomic E-state index is 14.0. The number of halogens is 2. The first-order chi connectivity index (χ1) is 15.3. The molecule has 1 aromatic carbocycles. The summed E-state index contributed by atoms with van der Waals surface area (Å²) in [6.45, 7) is 19.7. The number of carboxylic acid groups (broad SMARTS) is 1. The zero-order valence-electron chi connectivity index (χ0n) is 21.0. The van der Waals surface area contributed by atoms with Crippen LogP contribution in [-0.4, -0.2) is 27.9 Å². The standard InChI is InChI=1S/C21H21F2NO3.C4H10.C2H6/c1-5-21(4)16(10-18(25)15(11-24-21)20(26)27)13(3)9-12(2)14-7-6-8-17(22)19(14)23;1-4(2)3;1-2/h6-11,25H,2,5H2,1,3-4H3,(H,26,27);4H,1-3H3;1-2H3/b13-9+;;. The van der Waals surface area contributed by atoms with Crippen LogP contribution in [0.25, 0.3) is 5.57 Å². The molecule has 0 radical (unpaired) electrons. The molecule has 1 aliphatic heterocycles. The highest BCUT2D eigenvalue weighted by Crippen LogP contribution is 2.35. The van der Waals surface area contributed by atoms with Crippen LogP contribution in [0.4, 0.5) is 8.78 Å². The van der Waals surface area contributed by atoms with Crippen LogP contribution >= 0.6 is 0 Å². The molecule has 182 valence electrons. The molecule has 4 nitrogen and oxygen atoms in total. The third-order valence-electron chi connectivity index (χ3n) is 4.65. The maximum Gasteiger partial charge on any atom is 0.341 e. The maximum absolute atomic E-state index is 14.0. The highest BCUT2D eigenvalue weighted by Gasteiger charge is 2.30. The third-order valence-corrected chi connectivity index (χ3v) is 4.65. The molecule has 2 rings (SSSR count). The first kappa shape index (κ1) is 30.0. The van der Waals surface area contributed by atoms with Gasteiger partial charge in [-0.3, -0.25) is 4.99 Å². The lowest BCUT2D eigenvalue weighted by Gasteiger charge is -2.27. The molecule has 1 aromatic rings. The number of aliphatic hydroxyl groups is 1. The number of hydrogen-bond acceptors (Lipinski definition) is 3. The summed E-state index contributed by atoms with van der Waals surface area (Å²) >= 11 is 0. The van der Waals surface area contributed by atoms with E-state index in [-0.39, 0.29) is 16.7 Å². The second-order valence-electron chi connectivity index (χ2n) is 8.23. The lowest BCUT2D eigenvalue weighted by molar-refractivity contribution is -0.132. The highest BCUT2D eigenvalue weighted by molar-refractivity contribution is 6.09. The van der Waals surface area contributed by atoms with Gasteiger partial charge in [0, 0.05) is 11.8 Å². The van der Waals surface area contributed by atoms with E-state index in [0.717, 1.165) is 18.2 Å². The van der Waals surface area contributed by atoms with Crippen molar-refractivity contribution in [1.29, 1.82) is 0 Å². The molecule has 1 unspecified atom stereocenters. The van der Waals surface area contributed by atoms with Gasteiger partial charge in [-0.25, -0.2) is 13.6 Å². The van der Waals surface area contributed by atoms with E-state index in [9.17, 15) is 23.8 Å². The number of aliphatic imine (C=N–C) groups is 1. The van der Waals surface area contributed by atoms with E-state index < -0.39 is 28.9 Å². The Morgan fingerprint density at radius 1 is 1.24 bits per heavy atom. The molecule has 1 atom stereocenters. The zero-order valence-corrected chi connectivity index (χ0v) is 21.0. The number of allylic oxidation sites excluding steroid dienone is 3. The molecular formula is C27H37F2NO3. The number of aliphatic hydroxyl groups excluding tert-OH is 1. The van der Waals surface area contributed by atoms with E-state index >= 15 is 0 Å². The van der Waals surface area contributed by atoms with Gasteiger partial charge in [-0.2, -0.15) is 0 Å². The summed E-state index contributed by atoms with van der Waals surface area (Å²) in [5, 5.41) is 19.4. The van der Waals surface area contributed by atoms with Crippen LogP contribution in [0.2, 0.25) is 0 Å². The van der Waals surface area contributed by atoms with Crippen LogP contribution < -0.4 is 0 Å². The van der Waals surface area contributed by atoms with Crippen molar-refractivity contribution in [2.45, 2.75) is 67.3 Å². The minimum Gasteiger partial charge on any atom is -0.507 e. The molecule has 33 heavy (non-hydrogen) atoms. The summed E-state index contributed by atoms with van der Waals surface area (Å²) in [6.07, 6.45) is 4.58. The SMILES string of the molecule is C=C(/C=C(\C)C1=CC(O)=C(C(=O)O)C=NC1(C)CC)c1cccc(F)c1F.CC.CC(C)C. The molecule has 1 aliphatic rings. The number of aliphatic carboxylic acids is 1. The molecule has 0 aliphatic carbocycles. The highest BCUT2D eigenvalue weighted by atomic mass is 19.2. The fourth-order valence-corrected chi connectivity index (χ4v) is 2.87. The molecule has 2 N–H and O–H groups in total. The Bertz CT molecular complexity index is 969. The van der Waals surface area contributed by atoms with E-state index in [0.29, 0.717) is 17.6 Å². The van der Waals surface area contributed by atoms with E-state index in [1.165, 1.54) is 18.2 Å². The topological polar surface area (TPSA) is 69.9 Å². The Morgan fingerprint density at radius 3 is 2.27 bits per heavy atom. The van der Waals surface area contributed by atoms with E-state index in [2.05, 4.69) is 32.3 Å². The molecule has 0 spiro atoms. The number of nitrogens with zero attached hydrogens (tertiary/aromatic N) is 1. The van der Waals surface area contributed by atoms with Gasteiger partial charge in [0.2, 0.25) is 0 Å². The van der Waals surface area contributed by atoms with Crippen LogP contribution in [-0.2, 0) is 4.79 Å². The summed E-state index contributed by atoms with van der Waals surface area (Å²) in [7, 11) is 0. The van der Waals surface area contributed by atoms with Crippen molar-refractivity contribution in [3.05, 3.63) is 76.6 Å². The van der Waals surface area contributed by atoms with Gasteiger partial charge in [-0.05, 0) is 55.0 Å². The molecule has 0 saturated carbocycles. The fraction of sp³-hybridized carbons (Fsp3) is 0.407. The second kappa shape index (κ2) is 13.5. The van der Waals surface area contributed by atoms with E-state index in [1.54, 1.807) is 19.9 Å². The summed E-state index contributed by atoms with van der Waals surface area (Å²) in [5.74, 6) is -2.84. The Kier molecular flexibility index (Phi) is 12.3. The minimum atomic E-state index is -1.29. The number of hydrogen-bond donors (Lipinski definition) is 2. The fourth-order valence-electron chi connectivity index (χ4n) is 2.87. The van der Waals surface area contributed by atoms with Gasteiger partial charge >= 0.3 is 5.97 Å². The zero-order chi connectivity index (χ0) is 25.9. The molecule has 0 bridgehead atoms. The Morgan fingerprint density at radius 2 is 1.79 bits per heavy atom. The van der Waals surface area contributed by atoms with Crippen LogP contribution in [0.15, 0.2) is 64.4 Å². The van der Waals surface area contributed by atoms with Gasteiger partial charge in [0.25, 0.3) is 0 Å². The molecule has 0 saturated heterocycles. The smallest absolute Gasteiger partial charge is 0.341 e. The second-order valence-corrected chi connectivity index (χ2v) is 8.23. The quantitative estimate of drug-likeness (QED) is 0.442. The largest absolute Gasteiger partial charge is 0.507 e. The van der Waals surface area contributed by atoms with E-state index in [1.807, 2.05) is 20.8 Å². The van der Waals surface area contributed by atoms with Crippen molar-refractivity contribution in [2.75, 3.05) is 0 Å². The van der Waals surface area contributed by atoms with E-state index in [4.69, 9.17) is 0 Å². The average Bonchev–Trinajstić information content (AvgIpc) is 2.87. The Balaban J connectivity index is 0.00000154. The van der Waals surface area contributed by atoms with Crippen molar-refractivity contribution in [2.24, 2.45) is 10.9 Å². The predicted octanol–water partition coefficient (Wildman–Crippen LogP) is 7.69. The molecule has 0 aromatic heterocycles. The molecule has 6 heteroatoms. The van der Waals surface area contributed by atoms with Crippen molar-refractivity contribution in [3.63, 3.8) is 0 Å². The third kappa shape index (κ3) is 8.44. The predicted molar refractivity (Wildman–Crippen MR) is 134 cm³/mol. The van der Waals surface area contributed by atoms with Crippen LogP contribution in [0.3, 0.4) is 0 Å². The lowest BCUT2D eigenvalue weighted by atomic mass is 9.84. The first-order valence-electron chi connectivity index (χ1n) is 11.1. The number of carbonyl (C=O) groups is 1. The van der Waals surface area contributed by atoms with Gasteiger partial charge in [-0.15, -0.1) is 0 Å². The number of carboxylic acids is 1. The minimum absolute atomic E-state index is 0.0243. The van der Waals surface area contributed by atoms with Gasteiger partial charge in [0.05, 0.1) is 5.54 Å². The van der Waals surface area contributed by atoms with Crippen LogP contribution in [0.5, 0.6) is 0 Å². The number of rotatable bonds is 5. The van der Waals surface area contributed by atoms with Gasteiger partial charge in [0.15, 0.2) is 11.6 Å². The van der Waals surface area contributed by atoms with Crippen molar-refractivity contribution >= 4 is 17.8 Å². The summed E-state index contributed by atoms with van der Waals surface area (Å²) in [6, 6.07) is 3.83. The summed E-state index contributed by atoms with van der Waals surface area (Å²) in [4.78, 5) is 15.6. The van der Waals surface area contributed by atoms with Crippen molar-refractivity contribution in [3.8, 4) is 0 Å². The van der Waals surface area contributed by atoms with Crippen molar-refractivity contribution in [1.82, 2.24) is 0 Å². The summed E-state index contributed by atoms with van der Waals surface area (Å²) < 4.78 is 27.5. The molecule has 0 amide bonds. The normalized spacial score (nSPS) is 17.9. The average molecular weight is 462 g/mol. The van der Waals surface area contributed by atoms with Gasteiger partial charge in [0.1, 0.15) is 11.3 Å². The lowest BCUT2D eigenvalue weighted by Crippen LogP contribution is -2.24. The van der Waals surface area contributed by atoms with Crippen molar-refractivity contribution < 1.29 is 23.8 Å². The molecule has 1 heterocycles. The monoisotopic (exact) mass is 461 g/mol. The Labute approximate surface area is 196 Å². The molecular weight excluding hydrogens is 424 g/mol. The van der Waals surface area contributed by atoms with Crippen LogP contribution in [0, 0.1) is 17.6 Å². The van der Waals surface area contributed by atoms with Gasteiger partial charge in [-0.1, -0.05) is 66.3 Å². The van der Waals surface area contributed by atoms with Crippen LogP contribution in [0.1, 0.15) is 67.4 Å². The number of benzene rings is 1. The first-order valence-corrected chi connectivity index (χ1v) is 11.1. The van der Waals surface area contributed by atoms with Gasteiger partial charge < -0.3 is 10.2 Å². The summed E-state index contributed by atoms with van der Waals surface area (Å²) in [5.41, 5.74) is 0.325. The molecule has 0 fully saturated rings. The Hall–Kier alpha value is -3.02.